The Hall–Kier alpha value is -2.01. The molecule has 0 aliphatic carbocycles. The van der Waals surface area contributed by atoms with Gasteiger partial charge in [0, 0.05) is 18.9 Å². The van der Waals surface area contributed by atoms with Crippen molar-refractivity contribution in [2.45, 2.75) is 6.42 Å². The maximum absolute atomic E-state index is 4.29. The van der Waals surface area contributed by atoms with Crippen molar-refractivity contribution in [3.05, 3.63) is 47.9 Å². The lowest BCUT2D eigenvalue weighted by Gasteiger charge is -2.05. The van der Waals surface area contributed by atoms with Gasteiger partial charge >= 0.3 is 0 Å². The van der Waals surface area contributed by atoms with Crippen LogP contribution >= 0.6 is 11.3 Å². The van der Waals surface area contributed by atoms with E-state index in [1.54, 1.807) is 17.7 Å². The third-order valence-corrected chi connectivity index (χ3v) is 3.61. The summed E-state index contributed by atoms with van der Waals surface area (Å²) < 4.78 is 1.12. The van der Waals surface area contributed by atoms with Gasteiger partial charge in [-0.25, -0.2) is 9.97 Å². The van der Waals surface area contributed by atoms with Gasteiger partial charge in [-0.1, -0.05) is 0 Å². The van der Waals surface area contributed by atoms with Crippen LogP contribution in [0.4, 0.5) is 5.82 Å². The molecule has 0 fully saturated rings. The van der Waals surface area contributed by atoms with Crippen LogP contribution in [0.3, 0.4) is 0 Å². The first-order chi connectivity index (χ1) is 8.93. The van der Waals surface area contributed by atoms with E-state index in [9.17, 15) is 0 Å². The van der Waals surface area contributed by atoms with Crippen LogP contribution in [-0.2, 0) is 6.42 Å². The molecule has 0 aliphatic heterocycles. The van der Waals surface area contributed by atoms with Gasteiger partial charge < -0.3 is 5.32 Å². The Morgan fingerprint density at radius 3 is 2.89 bits per heavy atom. The van der Waals surface area contributed by atoms with Crippen LogP contribution in [0.25, 0.3) is 10.2 Å². The zero-order chi connectivity index (χ0) is 12.2. The Morgan fingerprint density at radius 1 is 1.11 bits per heavy atom. The SMILES string of the molecule is c1cc(CCNc2ncnc3ccsc23)ccn1. The minimum Gasteiger partial charge on any atom is -0.368 e. The van der Waals surface area contributed by atoms with Crippen molar-refractivity contribution in [1.82, 2.24) is 15.0 Å². The van der Waals surface area contributed by atoms with E-state index in [1.807, 2.05) is 36.0 Å². The number of nitrogens with one attached hydrogen (secondary N) is 1. The second kappa shape index (κ2) is 5.10. The summed E-state index contributed by atoms with van der Waals surface area (Å²) in [7, 11) is 0. The van der Waals surface area contributed by atoms with Gasteiger partial charge in [-0.15, -0.1) is 11.3 Å². The van der Waals surface area contributed by atoms with Gasteiger partial charge in [0.15, 0.2) is 0 Å². The minimum atomic E-state index is 0.855. The molecule has 0 atom stereocenters. The molecule has 90 valence electrons. The average Bonchev–Trinajstić information content (AvgIpc) is 2.89. The first kappa shape index (κ1) is 11.1. The van der Waals surface area contributed by atoms with Crippen LogP contribution in [0.5, 0.6) is 0 Å². The van der Waals surface area contributed by atoms with Crippen LogP contribution in [-0.4, -0.2) is 21.5 Å². The van der Waals surface area contributed by atoms with Crippen molar-refractivity contribution in [3.63, 3.8) is 0 Å². The summed E-state index contributed by atoms with van der Waals surface area (Å²) in [4.78, 5) is 12.5. The first-order valence-electron chi connectivity index (χ1n) is 5.74. The highest BCUT2D eigenvalue weighted by atomic mass is 32.1. The Kier molecular flexibility index (Phi) is 3.14. The van der Waals surface area contributed by atoms with E-state index >= 15 is 0 Å². The standard InChI is InChI=1S/C13H12N4S/c1-5-14-6-2-10(1)3-7-15-13-12-11(4-8-18-12)16-9-17-13/h1-2,4-6,8-9H,3,7H2,(H,15,16,17). The number of aromatic nitrogens is 3. The molecule has 0 radical (unpaired) electrons. The summed E-state index contributed by atoms with van der Waals surface area (Å²) in [5.74, 6) is 0.920. The Balaban J connectivity index is 1.68. The van der Waals surface area contributed by atoms with E-state index in [4.69, 9.17) is 0 Å². The number of nitrogens with zero attached hydrogens (tertiary/aromatic N) is 3. The summed E-state index contributed by atoms with van der Waals surface area (Å²) in [5, 5.41) is 5.40. The Labute approximate surface area is 109 Å². The minimum absolute atomic E-state index is 0.855. The van der Waals surface area contributed by atoms with Crippen molar-refractivity contribution in [2.75, 3.05) is 11.9 Å². The zero-order valence-electron chi connectivity index (χ0n) is 9.71. The fraction of sp³-hybridized carbons (Fsp3) is 0.154. The van der Waals surface area contributed by atoms with Crippen molar-refractivity contribution in [2.24, 2.45) is 0 Å². The molecule has 0 aromatic carbocycles. The van der Waals surface area contributed by atoms with Gasteiger partial charge in [0.05, 0.1) is 10.2 Å². The van der Waals surface area contributed by atoms with Crippen LogP contribution in [0.1, 0.15) is 5.56 Å². The maximum Gasteiger partial charge on any atom is 0.147 e. The predicted molar refractivity (Wildman–Crippen MR) is 73.8 cm³/mol. The van der Waals surface area contributed by atoms with Crippen molar-refractivity contribution in [1.29, 1.82) is 0 Å². The number of pyridine rings is 1. The van der Waals surface area contributed by atoms with E-state index < -0.39 is 0 Å². The van der Waals surface area contributed by atoms with E-state index in [0.29, 0.717) is 0 Å². The number of anilines is 1. The molecule has 5 heteroatoms. The molecular weight excluding hydrogens is 244 g/mol. The molecule has 4 nitrogen and oxygen atoms in total. The third-order valence-electron chi connectivity index (χ3n) is 2.70. The van der Waals surface area contributed by atoms with Crippen LogP contribution < -0.4 is 5.32 Å². The van der Waals surface area contributed by atoms with E-state index in [2.05, 4.69) is 20.3 Å². The zero-order valence-corrected chi connectivity index (χ0v) is 10.5. The van der Waals surface area contributed by atoms with Gasteiger partial charge in [-0.2, -0.15) is 0 Å². The molecule has 0 aliphatic rings. The second-order valence-electron chi connectivity index (χ2n) is 3.89. The van der Waals surface area contributed by atoms with Gasteiger partial charge in [-0.3, -0.25) is 4.98 Å². The number of thiophene rings is 1. The third kappa shape index (κ3) is 2.31. The summed E-state index contributed by atoms with van der Waals surface area (Å²) in [5.41, 5.74) is 2.27. The van der Waals surface area contributed by atoms with Gasteiger partial charge in [0.2, 0.25) is 0 Å². The Morgan fingerprint density at radius 2 is 2.00 bits per heavy atom. The lowest BCUT2D eigenvalue weighted by Crippen LogP contribution is -2.06. The van der Waals surface area contributed by atoms with Crippen LogP contribution in [0, 0.1) is 0 Å². The molecule has 0 saturated carbocycles. The quantitative estimate of drug-likeness (QED) is 0.779. The molecule has 3 aromatic rings. The molecule has 18 heavy (non-hydrogen) atoms. The summed E-state index contributed by atoms with van der Waals surface area (Å²) in [6, 6.07) is 6.07. The molecule has 3 aromatic heterocycles. The molecule has 3 rings (SSSR count). The average molecular weight is 256 g/mol. The normalized spacial score (nSPS) is 10.7. The van der Waals surface area contributed by atoms with E-state index in [1.165, 1.54) is 5.56 Å². The molecule has 3 heterocycles. The van der Waals surface area contributed by atoms with Crippen molar-refractivity contribution < 1.29 is 0 Å². The molecule has 0 spiro atoms. The molecule has 0 unspecified atom stereocenters. The van der Waals surface area contributed by atoms with Crippen LogP contribution in [0.15, 0.2) is 42.3 Å². The van der Waals surface area contributed by atoms with E-state index in [-0.39, 0.29) is 0 Å². The number of fused-ring (bicyclic) bond motifs is 1. The highest BCUT2D eigenvalue weighted by Gasteiger charge is 2.03. The number of rotatable bonds is 4. The molecule has 0 amide bonds. The highest BCUT2D eigenvalue weighted by molar-refractivity contribution is 7.17. The monoisotopic (exact) mass is 256 g/mol. The largest absolute Gasteiger partial charge is 0.368 e. The summed E-state index contributed by atoms with van der Waals surface area (Å²) >= 11 is 1.66. The predicted octanol–water partition coefficient (Wildman–Crippen LogP) is 2.74. The number of hydrogen-bond donors (Lipinski definition) is 1. The fourth-order valence-electron chi connectivity index (χ4n) is 1.79. The van der Waals surface area contributed by atoms with Crippen molar-refractivity contribution >= 4 is 27.4 Å². The Bertz CT molecular complexity index is 636. The first-order valence-corrected chi connectivity index (χ1v) is 6.62. The second-order valence-corrected chi connectivity index (χ2v) is 4.81. The van der Waals surface area contributed by atoms with Gasteiger partial charge in [0.1, 0.15) is 12.1 Å². The maximum atomic E-state index is 4.29. The number of hydrogen-bond acceptors (Lipinski definition) is 5. The molecule has 0 saturated heterocycles. The lowest BCUT2D eigenvalue weighted by atomic mass is 10.2. The fourth-order valence-corrected chi connectivity index (χ4v) is 2.60. The van der Waals surface area contributed by atoms with E-state index in [0.717, 1.165) is 29.0 Å². The molecule has 0 bridgehead atoms. The van der Waals surface area contributed by atoms with Gasteiger partial charge in [0.25, 0.3) is 0 Å². The summed E-state index contributed by atoms with van der Waals surface area (Å²) in [6.07, 6.45) is 6.19. The topological polar surface area (TPSA) is 50.7 Å². The summed E-state index contributed by atoms with van der Waals surface area (Å²) in [6.45, 7) is 0.855. The van der Waals surface area contributed by atoms with Gasteiger partial charge in [-0.05, 0) is 35.6 Å². The highest BCUT2D eigenvalue weighted by Crippen LogP contribution is 2.24. The van der Waals surface area contributed by atoms with Crippen molar-refractivity contribution in [3.8, 4) is 0 Å². The molecular formula is C13H12N4S. The smallest absolute Gasteiger partial charge is 0.147 e. The molecule has 1 N–H and O–H groups in total. The van der Waals surface area contributed by atoms with Crippen LogP contribution in [0.2, 0.25) is 0 Å². The lowest BCUT2D eigenvalue weighted by molar-refractivity contribution is 1.00.